The summed E-state index contributed by atoms with van der Waals surface area (Å²) in [5, 5.41) is 2.95. The van der Waals surface area contributed by atoms with Crippen LogP contribution in [0.15, 0.2) is 18.2 Å². The van der Waals surface area contributed by atoms with Gasteiger partial charge in [0.25, 0.3) is 0 Å². The number of rotatable bonds is 3. The van der Waals surface area contributed by atoms with Gasteiger partial charge < -0.3 is 5.32 Å². The topological polar surface area (TPSA) is 12.0 Å². The molecule has 1 rings (SSSR count). The second-order valence-electron chi connectivity index (χ2n) is 3.43. The molecule has 0 aliphatic carbocycles. The van der Waals surface area contributed by atoms with Crippen molar-refractivity contribution < 1.29 is 8.78 Å². The van der Waals surface area contributed by atoms with Gasteiger partial charge in [-0.25, -0.2) is 8.78 Å². The van der Waals surface area contributed by atoms with Gasteiger partial charge in [0.2, 0.25) is 0 Å². The molecule has 3 heteroatoms. The zero-order chi connectivity index (χ0) is 9.84. The maximum Gasteiger partial charge on any atom is 0.128 e. The number of benzene rings is 1. The lowest BCUT2D eigenvalue weighted by Gasteiger charge is -2.08. The molecule has 0 heterocycles. The Morgan fingerprint density at radius 2 is 1.69 bits per heavy atom. The van der Waals surface area contributed by atoms with Gasteiger partial charge in [-0.3, -0.25) is 0 Å². The van der Waals surface area contributed by atoms with Crippen LogP contribution in [0.2, 0.25) is 0 Å². The van der Waals surface area contributed by atoms with Crippen LogP contribution in [0, 0.1) is 17.6 Å². The summed E-state index contributed by atoms with van der Waals surface area (Å²) in [6, 6.07) is 3.43. The molecule has 0 amide bonds. The minimum Gasteiger partial charge on any atom is -0.385 e. The third kappa shape index (κ3) is 3.40. The summed E-state index contributed by atoms with van der Waals surface area (Å²) < 4.78 is 25.3. The van der Waals surface area contributed by atoms with Gasteiger partial charge in [-0.2, -0.15) is 0 Å². The molecule has 0 unspecified atom stereocenters. The zero-order valence-electron chi connectivity index (χ0n) is 7.77. The van der Waals surface area contributed by atoms with E-state index in [1.54, 1.807) is 0 Å². The van der Waals surface area contributed by atoms with Gasteiger partial charge in [0, 0.05) is 18.3 Å². The minimum absolute atomic E-state index is 0.450. The van der Waals surface area contributed by atoms with E-state index in [0.717, 1.165) is 6.07 Å². The summed E-state index contributed by atoms with van der Waals surface area (Å²) in [6.07, 6.45) is 0. The molecule has 0 radical (unpaired) electrons. The van der Waals surface area contributed by atoms with Gasteiger partial charge in [-0.1, -0.05) is 13.8 Å². The van der Waals surface area contributed by atoms with E-state index >= 15 is 0 Å². The van der Waals surface area contributed by atoms with Crippen LogP contribution in [0.4, 0.5) is 14.5 Å². The van der Waals surface area contributed by atoms with Gasteiger partial charge >= 0.3 is 0 Å². The van der Waals surface area contributed by atoms with Crippen LogP contribution < -0.4 is 5.32 Å². The molecule has 72 valence electrons. The van der Waals surface area contributed by atoms with Crippen LogP contribution in [0.3, 0.4) is 0 Å². The summed E-state index contributed by atoms with van der Waals surface area (Å²) in [4.78, 5) is 0. The van der Waals surface area contributed by atoms with E-state index in [1.165, 1.54) is 12.1 Å². The van der Waals surface area contributed by atoms with Gasteiger partial charge in [0.15, 0.2) is 0 Å². The van der Waals surface area contributed by atoms with E-state index in [-0.39, 0.29) is 0 Å². The number of hydrogen-bond acceptors (Lipinski definition) is 1. The largest absolute Gasteiger partial charge is 0.385 e. The highest BCUT2D eigenvalue weighted by Crippen LogP contribution is 2.12. The normalized spacial score (nSPS) is 10.5. The van der Waals surface area contributed by atoms with Crippen molar-refractivity contribution in [3.05, 3.63) is 29.8 Å². The smallest absolute Gasteiger partial charge is 0.128 e. The lowest BCUT2D eigenvalue weighted by Crippen LogP contribution is -2.08. The Kier molecular flexibility index (Phi) is 3.23. The first-order chi connectivity index (χ1) is 6.08. The Balaban J connectivity index is 2.66. The summed E-state index contributed by atoms with van der Waals surface area (Å²) in [7, 11) is 0. The minimum atomic E-state index is -0.550. The molecule has 1 N–H and O–H groups in total. The molecule has 0 fully saturated rings. The predicted molar refractivity (Wildman–Crippen MR) is 49.7 cm³/mol. The fourth-order valence-electron chi connectivity index (χ4n) is 0.978. The van der Waals surface area contributed by atoms with E-state index < -0.39 is 11.6 Å². The summed E-state index contributed by atoms with van der Waals surface area (Å²) >= 11 is 0. The van der Waals surface area contributed by atoms with Crippen LogP contribution in [-0.4, -0.2) is 6.54 Å². The molecule has 0 saturated carbocycles. The Bertz CT molecular complexity index is 264. The highest BCUT2D eigenvalue weighted by molar-refractivity contribution is 5.43. The van der Waals surface area contributed by atoms with Gasteiger partial charge in [-0.05, 0) is 18.1 Å². The van der Waals surface area contributed by atoms with Crippen molar-refractivity contribution >= 4 is 5.69 Å². The molecule has 1 nitrogen and oxygen atoms in total. The number of nitrogens with one attached hydrogen (secondary N) is 1. The molecule has 0 spiro atoms. The van der Waals surface area contributed by atoms with Crippen molar-refractivity contribution in [1.82, 2.24) is 0 Å². The SMILES string of the molecule is CC(C)CNc1cc(F)cc(F)c1. The maximum atomic E-state index is 12.7. The van der Waals surface area contributed by atoms with Crippen molar-refractivity contribution in [3.63, 3.8) is 0 Å². The predicted octanol–water partition coefficient (Wildman–Crippen LogP) is 3.03. The van der Waals surface area contributed by atoms with Crippen molar-refractivity contribution in [3.8, 4) is 0 Å². The van der Waals surface area contributed by atoms with Crippen molar-refractivity contribution in [2.75, 3.05) is 11.9 Å². The summed E-state index contributed by atoms with van der Waals surface area (Å²) in [5.74, 6) is -0.649. The molecule has 0 aromatic heterocycles. The molecule has 1 aromatic rings. The summed E-state index contributed by atoms with van der Waals surface area (Å²) in [5.41, 5.74) is 0.492. The van der Waals surface area contributed by atoms with E-state index in [2.05, 4.69) is 5.32 Å². The van der Waals surface area contributed by atoms with Crippen molar-refractivity contribution in [2.24, 2.45) is 5.92 Å². The third-order valence-corrected chi connectivity index (χ3v) is 1.58. The third-order valence-electron chi connectivity index (χ3n) is 1.58. The maximum absolute atomic E-state index is 12.7. The highest BCUT2D eigenvalue weighted by atomic mass is 19.1. The summed E-state index contributed by atoms with van der Waals surface area (Å²) in [6.45, 7) is 4.77. The second kappa shape index (κ2) is 4.21. The van der Waals surface area contributed by atoms with Crippen LogP contribution >= 0.6 is 0 Å². The Hall–Kier alpha value is -1.12. The fourth-order valence-corrected chi connectivity index (χ4v) is 0.978. The number of halogens is 2. The van der Waals surface area contributed by atoms with E-state index in [9.17, 15) is 8.78 Å². The highest BCUT2D eigenvalue weighted by Gasteiger charge is 2.00. The molecular formula is C10H13F2N. The lowest BCUT2D eigenvalue weighted by molar-refractivity contribution is 0.583. The molecule has 0 bridgehead atoms. The zero-order valence-corrected chi connectivity index (χ0v) is 7.77. The fraction of sp³-hybridized carbons (Fsp3) is 0.400. The Labute approximate surface area is 76.8 Å². The quantitative estimate of drug-likeness (QED) is 0.763. The van der Waals surface area contributed by atoms with Crippen molar-refractivity contribution in [1.29, 1.82) is 0 Å². The first-order valence-electron chi connectivity index (χ1n) is 4.28. The van der Waals surface area contributed by atoms with Crippen molar-refractivity contribution in [2.45, 2.75) is 13.8 Å². The lowest BCUT2D eigenvalue weighted by atomic mass is 10.2. The van der Waals surface area contributed by atoms with Crippen LogP contribution in [0.1, 0.15) is 13.8 Å². The first kappa shape index (κ1) is 9.96. The average Bonchev–Trinajstić information content (AvgIpc) is 1.99. The molecule has 0 aliphatic heterocycles. The Morgan fingerprint density at radius 1 is 1.15 bits per heavy atom. The first-order valence-corrected chi connectivity index (χ1v) is 4.28. The van der Waals surface area contributed by atoms with Gasteiger partial charge in [0.05, 0.1) is 0 Å². The molecule has 0 aliphatic rings. The molecule has 0 saturated heterocycles. The van der Waals surface area contributed by atoms with Crippen LogP contribution in [0.5, 0.6) is 0 Å². The van der Waals surface area contributed by atoms with E-state index in [1.807, 2.05) is 13.8 Å². The van der Waals surface area contributed by atoms with Crippen LogP contribution in [0.25, 0.3) is 0 Å². The van der Waals surface area contributed by atoms with Gasteiger partial charge in [0.1, 0.15) is 11.6 Å². The van der Waals surface area contributed by atoms with Crippen LogP contribution in [-0.2, 0) is 0 Å². The molecule has 0 atom stereocenters. The standard InChI is InChI=1S/C10H13F2N/c1-7(2)6-13-10-4-8(11)3-9(12)5-10/h3-5,7,13H,6H2,1-2H3. The monoisotopic (exact) mass is 185 g/mol. The van der Waals surface area contributed by atoms with E-state index in [4.69, 9.17) is 0 Å². The molecule has 13 heavy (non-hydrogen) atoms. The Morgan fingerprint density at radius 3 is 2.15 bits per heavy atom. The van der Waals surface area contributed by atoms with Gasteiger partial charge in [-0.15, -0.1) is 0 Å². The molecular weight excluding hydrogens is 172 g/mol. The number of anilines is 1. The molecule has 1 aromatic carbocycles. The number of hydrogen-bond donors (Lipinski definition) is 1. The van der Waals surface area contributed by atoms with E-state index in [0.29, 0.717) is 18.2 Å². The average molecular weight is 185 g/mol. The second-order valence-corrected chi connectivity index (χ2v) is 3.43.